The highest BCUT2D eigenvalue weighted by molar-refractivity contribution is 5.84. The van der Waals surface area contributed by atoms with Crippen molar-refractivity contribution < 1.29 is 9.53 Å². The van der Waals surface area contributed by atoms with E-state index in [-0.39, 0.29) is 12.1 Å². The van der Waals surface area contributed by atoms with Gasteiger partial charge in [0, 0.05) is 12.6 Å². The van der Waals surface area contributed by atoms with Crippen molar-refractivity contribution in [1.29, 1.82) is 0 Å². The van der Waals surface area contributed by atoms with E-state index in [9.17, 15) is 4.79 Å². The molecule has 2 N–H and O–H groups in total. The average molecular weight is 300 g/mol. The monoisotopic (exact) mass is 300 g/mol. The Labute approximate surface area is 131 Å². The van der Waals surface area contributed by atoms with Gasteiger partial charge in [0.05, 0.1) is 7.11 Å². The standard InChI is InChI=1S/C18H24N2O2/c1-4-5-13(2)20-18(21)19-12-14-6-7-16-11-17(22-3)9-8-15(16)10-14/h6-11,13H,4-5,12H2,1-3H3,(H2,19,20,21)/t13-/m1/s1. The van der Waals surface area contributed by atoms with Crippen molar-refractivity contribution in [3.05, 3.63) is 42.0 Å². The fraction of sp³-hybridized carbons (Fsp3) is 0.389. The molecule has 0 aliphatic rings. The zero-order valence-electron chi connectivity index (χ0n) is 13.5. The molecule has 0 spiro atoms. The van der Waals surface area contributed by atoms with Crippen LogP contribution in [0.3, 0.4) is 0 Å². The second-order valence-electron chi connectivity index (χ2n) is 5.56. The van der Waals surface area contributed by atoms with Gasteiger partial charge in [-0.3, -0.25) is 0 Å². The molecule has 1 atom stereocenters. The molecule has 0 unspecified atom stereocenters. The molecule has 0 fully saturated rings. The summed E-state index contributed by atoms with van der Waals surface area (Å²) in [5.74, 6) is 0.850. The summed E-state index contributed by atoms with van der Waals surface area (Å²) < 4.78 is 5.22. The first kappa shape index (κ1) is 16.1. The van der Waals surface area contributed by atoms with E-state index in [4.69, 9.17) is 4.74 Å². The minimum absolute atomic E-state index is 0.115. The Kier molecular flexibility index (Phi) is 5.64. The molecule has 0 radical (unpaired) electrons. The number of carbonyl (C=O) groups is 1. The largest absolute Gasteiger partial charge is 0.497 e. The number of rotatable bonds is 6. The van der Waals surface area contributed by atoms with Gasteiger partial charge in [0.15, 0.2) is 0 Å². The molecule has 0 heterocycles. The zero-order chi connectivity index (χ0) is 15.9. The molecule has 0 bridgehead atoms. The predicted octanol–water partition coefficient (Wildman–Crippen LogP) is 3.84. The van der Waals surface area contributed by atoms with Crippen LogP contribution in [0, 0.1) is 0 Å². The number of fused-ring (bicyclic) bond motifs is 1. The lowest BCUT2D eigenvalue weighted by atomic mass is 10.1. The molecule has 0 aromatic heterocycles. The van der Waals surface area contributed by atoms with E-state index >= 15 is 0 Å². The fourth-order valence-corrected chi connectivity index (χ4v) is 2.47. The molecule has 2 aromatic carbocycles. The van der Waals surface area contributed by atoms with Crippen LogP contribution in [0.2, 0.25) is 0 Å². The topological polar surface area (TPSA) is 50.4 Å². The Hall–Kier alpha value is -2.23. The van der Waals surface area contributed by atoms with Crippen molar-refractivity contribution in [2.24, 2.45) is 0 Å². The molecular weight excluding hydrogens is 276 g/mol. The van der Waals surface area contributed by atoms with Crippen molar-refractivity contribution in [3.63, 3.8) is 0 Å². The number of urea groups is 1. The summed E-state index contributed by atoms with van der Waals surface area (Å²) in [4.78, 5) is 11.8. The van der Waals surface area contributed by atoms with E-state index in [0.29, 0.717) is 6.54 Å². The maximum atomic E-state index is 11.8. The Morgan fingerprint density at radius 1 is 1.18 bits per heavy atom. The first-order chi connectivity index (χ1) is 10.6. The molecule has 4 nitrogen and oxygen atoms in total. The van der Waals surface area contributed by atoms with Gasteiger partial charge < -0.3 is 15.4 Å². The van der Waals surface area contributed by atoms with E-state index in [0.717, 1.165) is 34.9 Å². The van der Waals surface area contributed by atoms with Crippen molar-refractivity contribution in [2.75, 3.05) is 7.11 Å². The van der Waals surface area contributed by atoms with E-state index in [2.05, 4.69) is 23.6 Å². The lowest BCUT2D eigenvalue weighted by Crippen LogP contribution is -2.40. The summed E-state index contributed by atoms with van der Waals surface area (Å²) in [6.45, 7) is 4.65. The number of ether oxygens (including phenoxy) is 1. The van der Waals surface area contributed by atoms with Crippen LogP contribution >= 0.6 is 0 Å². The zero-order valence-corrected chi connectivity index (χ0v) is 13.5. The molecule has 0 aliphatic carbocycles. The van der Waals surface area contributed by atoms with Gasteiger partial charge in [-0.25, -0.2) is 4.79 Å². The van der Waals surface area contributed by atoms with Crippen LogP contribution in [-0.4, -0.2) is 19.2 Å². The minimum Gasteiger partial charge on any atom is -0.497 e. The van der Waals surface area contributed by atoms with Crippen LogP contribution in [0.4, 0.5) is 4.79 Å². The summed E-state index contributed by atoms with van der Waals surface area (Å²) in [6.07, 6.45) is 2.06. The van der Waals surface area contributed by atoms with Gasteiger partial charge in [0.25, 0.3) is 0 Å². The van der Waals surface area contributed by atoms with Crippen molar-refractivity contribution in [1.82, 2.24) is 10.6 Å². The van der Waals surface area contributed by atoms with E-state index < -0.39 is 0 Å². The quantitative estimate of drug-likeness (QED) is 0.851. The number of hydrogen-bond acceptors (Lipinski definition) is 2. The maximum Gasteiger partial charge on any atom is 0.315 e. The van der Waals surface area contributed by atoms with Gasteiger partial charge in [-0.05, 0) is 47.9 Å². The third-order valence-electron chi connectivity index (χ3n) is 3.66. The lowest BCUT2D eigenvalue weighted by Gasteiger charge is -2.14. The van der Waals surface area contributed by atoms with E-state index in [1.807, 2.05) is 37.3 Å². The summed E-state index contributed by atoms with van der Waals surface area (Å²) in [5.41, 5.74) is 1.08. The van der Waals surface area contributed by atoms with Crippen LogP contribution in [0.25, 0.3) is 10.8 Å². The molecule has 22 heavy (non-hydrogen) atoms. The number of amides is 2. The summed E-state index contributed by atoms with van der Waals surface area (Å²) >= 11 is 0. The third kappa shape index (κ3) is 4.38. The fourth-order valence-electron chi connectivity index (χ4n) is 2.47. The number of methoxy groups -OCH3 is 1. The van der Waals surface area contributed by atoms with Gasteiger partial charge in [-0.2, -0.15) is 0 Å². The molecule has 4 heteroatoms. The molecule has 0 saturated heterocycles. The second-order valence-corrected chi connectivity index (χ2v) is 5.56. The third-order valence-corrected chi connectivity index (χ3v) is 3.66. The molecule has 0 aliphatic heterocycles. The van der Waals surface area contributed by atoms with Crippen LogP contribution in [0.15, 0.2) is 36.4 Å². The van der Waals surface area contributed by atoms with Crippen LogP contribution in [0.5, 0.6) is 5.75 Å². The van der Waals surface area contributed by atoms with E-state index in [1.165, 1.54) is 0 Å². The van der Waals surface area contributed by atoms with Crippen molar-refractivity contribution >= 4 is 16.8 Å². The van der Waals surface area contributed by atoms with Gasteiger partial charge in [0.2, 0.25) is 0 Å². The number of nitrogens with one attached hydrogen (secondary N) is 2. The van der Waals surface area contributed by atoms with Gasteiger partial charge in [-0.15, -0.1) is 0 Å². The summed E-state index contributed by atoms with van der Waals surface area (Å²) in [6, 6.07) is 12.2. The molecule has 2 amide bonds. The lowest BCUT2D eigenvalue weighted by molar-refractivity contribution is 0.236. The second kappa shape index (κ2) is 7.69. The Balaban J connectivity index is 1.96. The number of carbonyl (C=O) groups excluding carboxylic acids is 1. The number of hydrogen-bond donors (Lipinski definition) is 2. The van der Waals surface area contributed by atoms with Gasteiger partial charge >= 0.3 is 6.03 Å². The maximum absolute atomic E-state index is 11.8. The average Bonchev–Trinajstić information content (AvgIpc) is 2.52. The molecular formula is C18H24N2O2. The van der Waals surface area contributed by atoms with Crippen LogP contribution < -0.4 is 15.4 Å². The highest BCUT2D eigenvalue weighted by atomic mass is 16.5. The molecule has 118 valence electrons. The summed E-state index contributed by atoms with van der Waals surface area (Å²) in [5, 5.41) is 8.11. The first-order valence-corrected chi connectivity index (χ1v) is 7.73. The Morgan fingerprint density at radius 3 is 2.64 bits per heavy atom. The molecule has 2 aromatic rings. The summed E-state index contributed by atoms with van der Waals surface area (Å²) in [7, 11) is 1.66. The first-order valence-electron chi connectivity index (χ1n) is 7.73. The molecule has 2 rings (SSSR count). The van der Waals surface area contributed by atoms with Crippen molar-refractivity contribution in [2.45, 2.75) is 39.3 Å². The normalized spacial score (nSPS) is 12.0. The van der Waals surface area contributed by atoms with Crippen LogP contribution in [0.1, 0.15) is 32.3 Å². The predicted molar refractivity (Wildman–Crippen MR) is 90.2 cm³/mol. The highest BCUT2D eigenvalue weighted by Gasteiger charge is 2.06. The van der Waals surface area contributed by atoms with Crippen molar-refractivity contribution in [3.8, 4) is 5.75 Å². The van der Waals surface area contributed by atoms with Gasteiger partial charge in [0.1, 0.15) is 5.75 Å². The van der Waals surface area contributed by atoms with Gasteiger partial charge in [-0.1, -0.05) is 31.5 Å². The van der Waals surface area contributed by atoms with Crippen LogP contribution in [-0.2, 0) is 6.54 Å². The SMILES string of the molecule is CCC[C@@H](C)NC(=O)NCc1ccc2cc(OC)ccc2c1. The minimum atomic E-state index is -0.115. The number of benzene rings is 2. The Bertz CT molecular complexity index is 640. The molecule has 0 saturated carbocycles. The van der Waals surface area contributed by atoms with E-state index in [1.54, 1.807) is 7.11 Å². The Morgan fingerprint density at radius 2 is 1.91 bits per heavy atom. The smallest absolute Gasteiger partial charge is 0.315 e. The highest BCUT2D eigenvalue weighted by Crippen LogP contribution is 2.21.